The van der Waals surface area contributed by atoms with E-state index in [2.05, 4.69) is 0 Å². The SMILES string of the molecule is CCOc1ccc(C2C(=C(O)c3ccccc3)C(=O)C(=O)N2CCOC)cc1OCC. The molecule has 31 heavy (non-hydrogen) atoms. The number of ketones is 1. The van der Waals surface area contributed by atoms with Crippen LogP contribution in [-0.4, -0.2) is 55.2 Å². The lowest BCUT2D eigenvalue weighted by atomic mass is 9.95. The van der Waals surface area contributed by atoms with Gasteiger partial charge in [0.1, 0.15) is 5.76 Å². The zero-order valence-electron chi connectivity index (χ0n) is 18.0. The Morgan fingerprint density at radius 3 is 2.32 bits per heavy atom. The molecule has 1 fully saturated rings. The summed E-state index contributed by atoms with van der Waals surface area (Å²) in [6.07, 6.45) is 0. The molecule has 1 aliphatic rings. The number of benzene rings is 2. The second-order valence-corrected chi connectivity index (χ2v) is 6.92. The van der Waals surface area contributed by atoms with Gasteiger partial charge in [-0.15, -0.1) is 0 Å². The zero-order valence-corrected chi connectivity index (χ0v) is 18.0. The average molecular weight is 425 g/mol. The topological polar surface area (TPSA) is 85.3 Å². The molecule has 0 aliphatic carbocycles. The molecular weight excluding hydrogens is 398 g/mol. The Kier molecular flexibility index (Phi) is 7.31. The van der Waals surface area contributed by atoms with Crippen LogP contribution in [0.1, 0.15) is 31.0 Å². The summed E-state index contributed by atoms with van der Waals surface area (Å²) in [6.45, 7) is 5.10. The van der Waals surface area contributed by atoms with E-state index in [0.717, 1.165) is 0 Å². The Bertz CT molecular complexity index is 969. The maximum atomic E-state index is 13.0. The molecule has 1 amide bonds. The molecule has 1 N–H and O–H groups in total. The number of carbonyl (C=O) groups is 2. The first kappa shape index (κ1) is 22.4. The first-order valence-electron chi connectivity index (χ1n) is 10.3. The Labute approximate surface area is 181 Å². The highest BCUT2D eigenvalue weighted by molar-refractivity contribution is 6.46. The number of nitrogens with zero attached hydrogens (tertiary/aromatic N) is 1. The van der Waals surface area contributed by atoms with Crippen LogP contribution in [0.25, 0.3) is 5.76 Å². The third-order valence-corrected chi connectivity index (χ3v) is 5.01. The first-order chi connectivity index (χ1) is 15.0. The minimum absolute atomic E-state index is 0.0407. The van der Waals surface area contributed by atoms with Crippen LogP contribution in [0.15, 0.2) is 54.1 Å². The van der Waals surface area contributed by atoms with Gasteiger partial charge in [0, 0.05) is 19.2 Å². The molecule has 1 saturated heterocycles. The molecule has 0 saturated carbocycles. The third kappa shape index (κ3) is 4.56. The fourth-order valence-corrected chi connectivity index (χ4v) is 3.64. The van der Waals surface area contributed by atoms with Crippen LogP contribution in [0.5, 0.6) is 11.5 Å². The Hall–Kier alpha value is -3.32. The summed E-state index contributed by atoms with van der Waals surface area (Å²) in [5, 5.41) is 11.0. The third-order valence-electron chi connectivity index (χ3n) is 5.01. The van der Waals surface area contributed by atoms with Gasteiger partial charge < -0.3 is 24.2 Å². The number of Topliss-reactive ketones (excluding diaryl/α,β-unsaturated/α-hetero) is 1. The molecule has 3 rings (SSSR count). The number of methoxy groups -OCH3 is 1. The van der Waals surface area contributed by atoms with Crippen molar-refractivity contribution in [3.05, 3.63) is 65.2 Å². The molecule has 0 bridgehead atoms. The van der Waals surface area contributed by atoms with Crippen LogP contribution in [0.2, 0.25) is 0 Å². The van der Waals surface area contributed by atoms with Gasteiger partial charge in [-0.25, -0.2) is 0 Å². The van der Waals surface area contributed by atoms with Gasteiger partial charge in [0.05, 0.1) is 31.4 Å². The summed E-state index contributed by atoms with van der Waals surface area (Å²) in [4.78, 5) is 27.2. The predicted molar refractivity (Wildman–Crippen MR) is 116 cm³/mol. The lowest BCUT2D eigenvalue weighted by Gasteiger charge is -2.26. The highest BCUT2D eigenvalue weighted by Crippen LogP contribution is 2.41. The molecule has 164 valence electrons. The minimum Gasteiger partial charge on any atom is -0.507 e. The van der Waals surface area contributed by atoms with Crippen LogP contribution in [0.4, 0.5) is 0 Å². The number of amides is 1. The van der Waals surface area contributed by atoms with E-state index >= 15 is 0 Å². The highest BCUT2D eigenvalue weighted by Gasteiger charge is 2.46. The molecule has 0 aromatic heterocycles. The number of aliphatic hydroxyl groups excluding tert-OH is 1. The van der Waals surface area contributed by atoms with Gasteiger partial charge in [-0.1, -0.05) is 36.4 Å². The molecule has 0 radical (unpaired) electrons. The van der Waals surface area contributed by atoms with Gasteiger partial charge in [-0.2, -0.15) is 0 Å². The number of ether oxygens (including phenoxy) is 3. The fourth-order valence-electron chi connectivity index (χ4n) is 3.64. The smallest absolute Gasteiger partial charge is 0.295 e. The van der Waals surface area contributed by atoms with E-state index in [-0.39, 0.29) is 24.5 Å². The van der Waals surface area contributed by atoms with Crippen molar-refractivity contribution >= 4 is 17.4 Å². The summed E-state index contributed by atoms with van der Waals surface area (Å²) in [7, 11) is 1.53. The van der Waals surface area contributed by atoms with Crippen molar-refractivity contribution in [1.82, 2.24) is 4.90 Å². The van der Waals surface area contributed by atoms with E-state index in [1.165, 1.54) is 12.0 Å². The summed E-state index contributed by atoms with van der Waals surface area (Å²) in [5.41, 5.74) is 1.15. The van der Waals surface area contributed by atoms with E-state index in [4.69, 9.17) is 14.2 Å². The second kappa shape index (κ2) is 10.1. The number of hydrogen-bond acceptors (Lipinski definition) is 6. The van der Waals surface area contributed by atoms with Crippen molar-refractivity contribution in [3.63, 3.8) is 0 Å². The van der Waals surface area contributed by atoms with Gasteiger partial charge in [0.25, 0.3) is 11.7 Å². The fraction of sp³-hybridized carbons (Fsp3) is 0.333. The van der Waals surface area contributed by atoms with Crippen LogP contribution in [0, 0.1) is 0 Å². The molecule has 2 aromatic carbocycles. The van der Waals surface area contributed by atoms with E-state index < -0.39 is 17.7 Å². The Balaban J connectivity index is 2.16. The van der Waals surface area contributed by atoms with E-state index in [1.54, 1.807) is 42.5 Å². The Morgan fingerprint density at radius 2 is 1.68 bits per heavy atom. The second-order valence-electron chi connectivity index (χ2n) is 6.92. The van der Waals surface area contributed by atoms with Crippen LogP contribution in [-0.2, 0) is 14.3 Å². The largest absolute Gasteiger partial charge is 0.507 e. The maximum absolute atomic E-state index is 13.0. The van der Waals surface area contributed by atoms with Crippen molar-refractivity contribution in [3.8, 4) is 11.5 Å². The molecule has 1 aliphatic heterocycles. The normalized spacial score (nSPS) is 17.8. The lowest BCUT2D eigenvalue weighted by Crippen LogP contribution is -2.32. The van der Waals surface area contributed by atoms with Gasteiger partial charge in [0.15, 0.2) is 11.5 Å². The molecular formula is C24H27NO6. The summed E-state index contributed by atoms with van der Waals surface area (Å²) in [6, 6.07) is 13.2. The number of rotatable bonds is 9. The molecule has 7 heteroatoms. The van der Waals surface area contributed by atoms with Gasteiger partial charge >= 0.3 is 0 Å². The number of hydrogen-bond donors (Lipinski definition) is 1. The standard InChI is InChI=1S/C24H27NO6/c1-4-30-18-12-11-17(15-19(18)31-5-2)21-20(22(26)16-9-7-6-8-10-16)23(27)24(28)25(21)13-14-29-3/h6-12,15,21,26H,4-5,13-14H2,1-3H3. The summed E-state index contributed by atoms with van der Waals surface area (Å²) >= 11 is 0. The molecule has 7 nitrogen and oxygen atoms in total. The lowest BCUT2D eigenvalue weighted by molar-refractivity contribution is -0.140. The molecule has 1 atom stereocenters. The molecule has 2 aromatic rings. The van der Waals surface area contributed by atoms with Crippen molar-refractivity contribution in [2.75, 3.05) is 33.5 Å². The quantitative estimate of drug-likeness (QED) is 0.376. The van der Waals surface area contributed by atoms with E-state index in [1.807, 2.05) is 19.9 Å². The summed E-state index contributed by atoms with van der Waals surface area (Å²) in [5.74, 6) is -0.528. The van der Waals surface area contributed by atoms with E-state index in [9.17, 15) is 14.7 Å². The summed E-state index contributed by atoms with van der Waals surface area (Å²) < 4.78 is 16.5. The Morgan fingerprint density at radius 1 is 1.00 bits per heavy atom. The van der Waals surface area contributed by atoms with Crippen LogP contribution >= 0.6 is 0 Å². The van der Waals surface area contributed by atoms with Crippen LogP contribution in [0.3, 0.4) is 0 Å². The predicted octanol–water partition coefficient (Wildman–Crippen LogP) is 3.55. The molecule has 1 unspecified atom stereocenters. The minimum atomic E-state index is -0.773. The van der Waals surface area contributed by atoms with E-state index in [0.29, 0.717) is 35.8 Å². The van der Waals surface area contributed by atoms with Gasteiger partial charge in [-0.3, -0.25) is 9.59 Å². The monoisotopic (exact) mass is 425 g/mol. The number of likely N-dealkylation sites (tertiary alicyclic amines) is 1. The zero-order chi connectivity index (χ0) is 22.4. The maximum Gasteiger partial charge on any atom is 0.295 e. The van der Waals surface area contributed by atoms with Crippen molar-refractivity contribution in [2.24, 2.45) is 0 Å². The van der Waals surface area contributed by atoms with Crippen molar-refractivity contribution in [2.45, 2.75) is 19.9 Å². The molecule has 1 heterocycles. The van der Waals surface area contributed by atoms with Crippen molar-refractivity contribution < 1.29 is 28.9 Å². The number of carbonyl (C=O) groups excluding carboxylic acids is 2. The van der Waals surface area contributed by atoms with Crippen LogP contribution < -0.4 is 9.47 Å². The van der Waals surface area contributed by atoms with Gasteiger partial charge in [-0.05, 0) is 31.5 Å². The molecule has 0 spiro atoms. The highest BCUT2D eigenvalue weighted by atomic mass is 16.5. The first-order valence-corrected chi connectivity index (χ1v) is 10.3. The van der Waals surface area contributed by atoms with Crippen molar-refractivity contribution in [1.29, 1.82) is 0 Å². The average Bonchev–Trinajstić information content (AvgIpc) is 3.04. The number of aliphatic hydroxyl groups is 1. The van der Waals surface area contributed by atoms with Gasteiger partial charge in [0.2, 0.25) is 0 Å².